The molecule has 1 heterocycles. The van der Waals surface area contributed by atoms with E-state index in [1.165, 1.54) is 12.1 Å². The number of carbonyl (C=O) groups is 1. The number of amides is 1. The molecule has 0 spiro atoms. The molecule has 2 aromatic rings. The summed E-state index contributed by atoms with van der Waals surface area (Å²) in [6, 6.07) is 11.7. The normalized spacial score (nSPS) is 16.6. The van der Waals surface area contributed by atoms with Crippen molar-refractivity contribution in [2.24, 2.45) is 0 Å². The molecule has 1 amide bonds. The van der Waals surface area contributed by atoms with E-state index >= 15 is 0 Å². The van der Waals surface area contributed by atoms with E-state index < -0.39 is 28.8 Å². The van der Waals surface area contributed by atoms with Crippen molar-refractivity contribution >= 4 is 47.8 Å². The van der Waals surface area contributed by atoms with Crippen molar-refractivity contribution in [1.82, 2.24) is 10.2 Å². The number of ether oxygens (including phenoxy) is 2. The first kappa shape index (κ1) is 24.1. The molecule has 1 atom stereocenters. The molecule has 2 aromatic carbocycles. The van der Waals surface area contributed by atoms with E-state index in [4.69, 9.17) is 14.3 Å². The summed E-state index contributed by atoms with van der Waals surface area (Å²) >= 11 is 6.85. The quantitative estimate of drug-likeness (QED) is 0.441. The summed E-state index contributed by atoms with van der Waals surface area (Å²) in [6.07, 6.45) is 2.09. The van der Waals surface area contributed by atoms with Gasteiger partial charge in [0.25, 0.3) is 5.91 Å². The van der Waals surface area contributed by atoms with Gasteiger partial charge in [-0.05, 0) is 60.9 Å². The molecule has 1 saturated heterocycles. The molecule has 31 heavy (non-hydrogen) atoms. The fraction of sp³-hybridized carbons (Fsp3) is 0.350. The van der Waals surface area contributed by atoms with Crippen LogP contribution in [-0.4, -0.2) is 33.8 Å². The third-order valence-electron chi connectivity index (χ3n) is 4.33. The average Bonchev–Trinajstić information content (AvgIpc) is 2.75. The van der Waals surface area contributed by atoms with Gasteiger partial charge in [-0.1, -0.05) is 31.9 Å². The molecule has 168 valence electrons. The van der Waals surface area contributed by atoms with Gasteiger partial charge in [0.2, 0.25) is 10.0 Å². The highest BCUT2D eigenvalue weighted by atomic mass is 79.9. The highest BCUT2D eigenvalue weighted by Crippen LogP contribution is 2.22. The van der Waals surface area contributed by atoms with Gasteiger partial charge in [-0.25, -0.2) is 23.5 Å². The molecular formula is C20H22Br2N2O6S. The lowest BCUT2D eigenvalue weighted by atomic mass is 10.2. The molecule has 1 aliphatic rings. The summed E-state index contributed by atoms with van der Waals surface area (Å²) in [7, 11) is -3.86. The van der Waals surface area contributed by atoms with Crippen LogP contribution in [0, 0.1) is 0 Å². The van der Waals surface area contributed by atoms with Gasteiger partial charge in [-0.2, -0.15) is 0 Å². The Morgan fingerprint density at radius 2 is 1.81 bits per heavy atom. The summed E-state index contributed by atoms with van der Waals surface area (Å²) in [4.78, 5) is 17.0. The predicted octanol–water partition coefficient (Wildman–Crippen LogP) is 3.64. The topological polar surface area (TPSA) is 103 Å². The number of carbonyl (C=O) groups excluding carboxylic acids is 1. The minimum absolute atomic E-state index is 0.0226. The Bertz CT molecular complexity index is 975. The molecule has 11 heteroatoms. The molecule has 1 unspecified atom stereocenters. The Morgan fingerprint density at radius 1 is 1.10 bits per heavy atom. The van der Waals surface area contributed by atoms with Crippen LogP contribution in [0.3, 0.4) is 0 Å². The van der Waals surface area contributed by atoms with Crippen LogP contribution in [0.25, 0.3) is 0 Å². The molecule has 0 radical (unpaired) electrons. The van der Waals surface area contributed by atoms with Crippen LogP contribution in [0.1, 0.15) is 24.8 Å². The third kappa shape index (κ3) is 7.85. The standard InChI is InChI=1S/C20H22Br2N2O6S/c21-15-9-14(10-16(22)11-15)13-29-17-4-6-18(7-5-17)31(26,27)23-12-19(25)24-30-20-3-1-2-8-28-20/h4-7,9-11,20,23H,1-3,8,12-13H2,(H,24,25). The Labute approximate surface area is 197 Å². The smallest absolute Gasteiger partial charge is 0.258 e. The summed E-state index contributed by atoms with van der Waals surface area (Å²) in [5, 5.41) is 0. The molecule has 2 N–H and O–H groups in total. The van der Waals surface area contributed by atoms with Crippen molar-refractivity contribution in [2.75, 3.05) is 13.2 Å². The first-order valence-corrected chi connectivity index (χ1v) is 12.6. The number of hydrogen-bond donors (Lipinski definition) is 2. The summed E-state index contributed by atoms with van der Waals surface area (Å²) in [5.74, 6) is -0.0912. The zero-order valence-corrected chi connectivity index (χ0v) is 20.5. The van der Waals surface area contributed by atoms with Crippen LogP contribution in [0.15, 0.2) is 56.3 Å². The fourth-order valence-corrected chi connectivity index (χ4v) is 5.16. The minimum atomic E-state index is -3.86. The fourth-order valence-electron chi connectivity index (χ4n) is 2.79. The summed E-state index contributed by atoms with van der Waals surface area (Å²) < 4.78 is 39.9. The van der Waals surface area contributed by atoms with Crippen molar-refractivity contribution in [3.8, 4) is 5.75 Å². The number of benzene rings is 2. The lowest BCUT2D eigenvalue weighted by Crippen LogP contribution is -2.39. The number of hydroxylamine groups is 1. The van der Waals surface area contributed by atoms with Gasteiger partial charge in [-0.15, -0.1) is 0 Å². The van der Waals surface area contributed by atoms with Crippen molar-refractivity contribution < 1.29 is 27.5 Å². The largest absolute Gasteiger partial charge is 0.489 e. The maximum absolute atomic E-state index is 12.4. The third-order valence-corrected chi connectivity index (χ3v) is 6.66. The van der Waals surface area contributed by atoms with Crippen molar-refractivity contribution in [3.63, 3.8) is 0 Å². The first-order chi connectivity index (χ1) is 14.8. The van der Waals surface area contributed by atoms with Crippen LogP contribution < -0.4 is 14.9 Å². The van der Waals surface area contributed by atoms with E-state index in [0.717, 1.165) is 27.4 Å². The van der Waals surface area contributed by atoms with E-state index in [9.17, 15) is 13.2 Å². The Balaban J connectivity index is 1.47. The molecule has 0 aliphatic carbocycles. The number of rotatable bonds is 9. The maximum atomic E-state index is 12.4. The Hall–Kier alpha value is -1.50. The molecule has 1 fully saturated rings. The SMILES string of the molecule is O=C(CNS(=O)(=O)c1ccc(OCc2cc(Br)cc(Br)c2)cc1)NOC1CCCCO1. The van der Waals surface area contributed by atoms with Gasteiger partial charge in [0.15, 0.2) is 6.29 Å². The second-order valence-electron chi connectivity index (χ2n) is 6.80. The number of hydrogen-bond acceptors (Lipinski definition) is 6. The van der Waals surface area contributed by atoms with Gasteiger partial charge in [-0.3, -0.25) is 4.79 Å². The van der Waals surface area contributed by atoms with Crippen LogP contribution in [0.4, 0.5) is 0 Å². The predicted molar refractivity (Wildman–Crippen MR) is 121 cm³/mol. The molecule has 0 saturated carbocycles. The lowest BCUT2D eigenvalue weighted by molar-refractivity contribution is -0.199. The second-order valence-corrected chi connectivity index (χ2v) is 10.4. The molecule has 1 aliphatic heterocycles. The average molecular weight is 578 g/mol. The molecule has 0 aromatic heterocycles. The highest BCUT2D eigenvalue weighted by Gasteiger charge is 2.18. The van der Waals surface area contributed by atoms with Crippen LogP contribution >= 0.6 is 31.9 Å². The van der Waals surface area contributed by atoms with Crippen molar-refractivity contribution in [2.45, 2.75) is 37.1 Å². The van der Waals surface area contributed by atoms with Crippen LogP contribution in [0.5, 0.6) is 5.75 Å². The monoisotopic (exact) mass is 576 g/mol. The van der Waals surface area contributed by atoms with Gasteiger partial charge < -0.3 is 9.47 Å². The van der Waals surface area contributed by atoms with Gasteiger partial charge >= 0.3 is 0 Å². The Kier molecular flexibility index (Phi) is 8.87. The van der Waals surface area contributed by atoms with E-state index in [1.807, 2.05) is 18.2 Å². The van der Waals surface area contributed by atoms with E-state index in [1.54, 1.807) is 12.1 Å². The van der Waals surface area contributed by atoms with Crippen LogP contribution in [-0.2, 0) is 31.0 Å². The number of sulfonamides is 1. The summed E-state index contributed by atoms with van der Waals surface area (Å²) in [6.45, 7) is 0.450. The molecule has 0 bridgehead atoms. The molecule has 8 nitrogen and oxygen atoms in total. The minimum Gasteiger partial charge on any atom is -0.489 e. The molecular weight excluding hydrogens is 556 g/mol. The van der Waals surface area contributed by atoms with Gasteiger partial charge in [0, 0.05) is 22.0 Å². The first-order valence-electron chi connectivity index (χ1n) is 9.55. The second kappa shape index (κ2) is 11.4. The lowest BCUT2D eigenvalue weighted by Gasteiger charge is -2.22. The van der Waals surface area contributed by atoms with Gasteiger partial charge in [0.05, 0.1) is 11.4 Å². The van der Waals surface area contributed by atoms with Gasteiger partial charge in [0.1, 0.15) is 12.4 Å². The molecule has 3 rings (SSSR count). The van der Waals surface area contributed by atoms with Crippen molar-refractivity contribution in [3.05, 3.63) is 57.0 Å². The van der Waals surface area contributed by atoms with Crippen LogP contribution in [0.2, 0.25) is 0 Å². The van der Waals surface area contributed by atoms with E-state index in [-0.39, 0.29) is 4.90 Å². The van der Waals surface area contributed by atoms with E-state index in [0.29, 0.717) is 25.4 Å². The number of nitrogens with one attached hydrogen (secondary N) is 2. The Morgan fingerprint density at radius 3 is 2.45 bits per heavy atom. The van der Waals surface area contributed by atoms with Crippen molar-refractivity contribution in [1.29, 1.82) is 0 Å². The summed E-state index contributed by atoms with van der Waals surface area (Å²) in [5.41, 5.74) is 3.16. The zero-order chi connectivity index (χ0) is 22.3. The number of halogens is 2. The maximum Gasteiger partial charge on any atom is 0.258 e. The highest BCUT2D eigenvalue weighted by molar-refractivity contribution is 9.11. The van der Waals surface area contributed by atoms with E-state index in [2.05, 4.69) is 42.1 Å². The zero-order valence-electron chi connectivity index (χ0n) is 16.5.